The standard InChI is InChI=1S/C17H26N4O/c1-4-6-12-19-16(22)15-9-7-14(8-10-15)13-21-17(18-3)20-11-5-2/h5,7-10H,2,4,6,11-13H2,1,3H3,(H,19,22)(H2,18,20,21). The summed E-state index contributed by atoms with van der Waals surface area (Å²) >= 11 is 0. The number of rotatable bonds is 8. The summed E-state index contributed by atoms with van der Waals surface area (Å²) in [5.41, 5.74) is 1.78. The van der Waals surface area contributed by atoms with Crippen LogP contribution in [0.1, 0.15) is 35.7 Å². The zero-order valence-electron chi connectivity index (χ0n) is 13.5. The lowest BCUT2D eigenvalue weighted by atomic mass is 10.1. The Labute approximate surface area is 132 Å². The van der Waals surface area contributed by atoms with E-state index < -0.39 is 0 Å². The van der Waals surface area contributed by atoms with Crippen LogP contribution < -0.4 is 16.0 Å². The molecule has 0 aliphatic heterocycles. The summed E-state index contributed by atoms with van der Waals surface area (Å²) in [4.78, 5) is 16.0. The number of carbonyl (C=O) groups excluding carboxylic acids is 1. The molecule has 0 saturated heterocycles. The van der Waals surface area contributed by atoms with Crippen molar-refractivity contribution in [2.45, 2.75) is 26.3 Å². The summed E-state index contributed by atoms with van der Waals surface area (Å²) in [6.45, 7) is 7.79. The third kappa shape index (κ3) is 6.43. The molecule has 0 radical (unpaired) electrons. The maximum absolute atomic E-state index is 11.9. The van der Waals surface area contributed by atoms with Crippen molar-refractivity contribution >= 4 is 11.9 Å². The van der Waals surface area contributed by atoms with Crippen LogP contribution in [0.15, 0.2) is 41.9 Å². The topological polar surface area (TPSA) is 65.5 Å². The Balaban J connectivity index is 2.47. The van der Waals surface area contributed by atoms with Gasteiger partial charge in [-0.15, -0.1) is 6.58 Å². The van der Waals surface area contributed by atoms with Gasteiger partial charge in [0.15, 0.2) is 5.96 Å². The third-order valence-electron chi connectivity index (χ3n) is 3.13. The zero-order valence-corrected chi connectivity index (χ0v) is 13.5. The third-order valence-corrected chi connectivity index (χ3v) is 3.13. The van der Waals surface area contributed by atoms with Crippen molar-refractivity contribution in [2.24, 2.45) is 4.99 Å². The van der Waals surface area contributed by atoms with Crippen molar-refractivity contribution in [2.75, 3.05) is 20.1 Å². The van der Waals surface area contributed by atoms with Crippen LogP contribution >= 0.6 is 0 Å². The SMILES string of the molecule is C=CCNC(=NC)NCc1ccc(C(=O)NCCCC)cc1. The summed E-state index contributed by atoms with van der Waals surface area (Å²) in [5.74, 6) is 0.706. The van der Waals surface area contributed by atoms with Crippen LogP contribution in [0.25, 0.3) is 0 Å². The van der Waals surface area contributed by atoms with Gasteiger partial charge in [0.05, 0.1) is 0 Å². The minimum Gasteiger partial charge on any atom is -0.353 e. The van der Waals surface area contributed by atoms with Crippen molar-refractivity contribution < 1.29 is 4.79 Å². The van der Waals surface area contributed by atoms with Crippen molar-refractivity contribution in [3.05, 3.63) is 48.0 Å². The van der Waals surface area contributed by atoms with Gasteiger partial charge in [-0.05, 0) is 24.1 Å². The van der Waals surface area contributed by atoms with Gasteiger partial charge in [-0.3, -0.25) is 9.79 Å². The molecular formula is C17H26N4O. The van der Waals surface area contributed by atoms with Crippen molar-refractivity contribution in [1.82, 2.24) is 16.0 Å². The first-order valence-electron chi connectivity index (χ1n) is 7.63. The number of amides is 1. The number of benzene rings is 1. The van der Waals surface area contributed by atoms with Crippen LogP contribution in [0.5, 0.6) is 0 Å². The van der Waals surface area contributed by atoms with Crippen LogP contribution in [0, 0.1) is 0 Å². The Morgan fingerprint density at radius 2 is 1.95 bits per heavy atom. The molecule has 0 heterocycles. The second-order valence-corrected chi connectivity index (χ2v) is 4.90. The van der Waals surface area contributed by atoms with E-state index in [1.54, 1.807) is 13.1 Å². The highest BCUT2D eigenvalue weighted by Gasteiger charge is 2.04. The summed E-state index contributed by atoms with van der Waals surface area (Å²) in [5, 5.41) is 9.21. The molecule has 22 heavy (non-hydrogen) atoms. The number of aliphatic imine (C=N–C) groups is 1. The molecule has 1 rings (SSSR count). The smallest absolute Gasteiger partial charge is 0.251 e. The molecular weight excluding hydrogens is 276 g/mol. The van der Waals surface area contributed by atoms with Gasteiger partial charge >= 0.3 is 0 Å². The molecule has 1 aromatic rings. The van der Waals surface area contributed by atoms with Gasteiger partial charge < -0.3 is 16.0 Å². The fourth-order valence-electron chi connectivity index (χ4n) is 1.83. The molecule has 0 unspecified atom stereocenters. The molecule has 0 aromatic heterocycles. The van der Waals surface area contributed by atoms with E-state index in [0.717, 1.165) is 30.9 Å². The van der Waals surface area contributed by atoms with Gasteiger partial charge in [0.1, 0.15) is 0 Å². The van der Waals surface area contributed by atoms with Crippen LogP contribution in [-0.4, -0.2) is 32.0 Å². The number of unbranched alkanes of at least 4 members (excludes halogenated alkanes) is 1. The van der Waals surface area contributed by atoms with Crippen molar-refractivity contribution in [1.29, 1.82) is 0 Å². The summed E-state index contributed by atoms with van der Waals surface area (Å²) < 4.78 is 0. The van der Waals surface area contributed by atoms with Gasteiger partial charge in [-0.1, -0.05) is 31.6 Å². The average molecular weight is 302 g/mol. The molecule has 1 amide bonds. The van der Waals surface area contributed by atoms with Gasteiger partial charge in [0.2, 0.25) is 0 Å². The second-order valence-electron chi connectivity index (χ2n) is 4.90. The first kappa shape index (κ1) is 17.8. The molecule has 0 saturated carbocycles. The Kier molecular flexibility index (Phi) is 8.42. The Hall–Kier alpha value is -2.30. The fourth-order valence-corrected chi connectivity index (χ4v) is 1.83. The highest BCUT2D eigenvalue weighted by atomic mass is 16.1. The number of nitrogens with zero attached hydrogens (tertiary/aromatic N) is 1. The lowest BCUT2D eigenvalue weighted by molar-refractivity contribution is 0.0953. The molecule has 0 aliphatic carbocycles. The molecule has 1 aromatic carbocycles. The van der Waals surface area contributed by atoms with Gasteiger partial charge in [-0.2, -0.15) is 0 Å². The lowest BCUT2D eigenvalue weighted by Crippen LogP contribution is -2.36. The number of guanidine groups is 1. The maximum Gasteiger partial charge on any atom is 0.251 e. The minimum atomic E-state index is -0.0172. The van der Waals surface area contributed by atoms with E-state index in [-0.39, 0.29) is 5.91 Å². The largest absolute Gasteiger partial charge is 0.353 e. The van der Waals surface area contributed by atoms with E-state index in [2.05, 4.69) is 34.4 Å². The number of hydrogen-bond acceptors (Lipinski definition) is 2. The van der Waals surface area contributed by atoms with Gasteiger partial charge in [-0.25, -0.2) is 0 Å². The van der Waals surface area contributed by atoms with Crippen molar-refractivity contribution in [3.63, 3.8) is 0 Å². The van der Waals surface area contributed by atoms with Crippen LogP contribution in [0.4, 0.5) is 0 Å². The fraction of sp³-hybridized carbons (Fsp3) is 0.412. The predicted molar refractivity (Wildman–Crippen MR) is 92.1 cm³/mol. The van der Waals surface area contributed by atoms with E-state index >= 15 is 0 Å². The predicted octanol–water partition coefficient (Wildman–Crippen LogP) is 2.07. The Bertz CT molecular complexity index is 494. The molecule has 3 N–H and O–H groups in total. The quantitative estimate of drug-likeness (QED) is 0.298. The molecule has 0 fully saturated rings. The molecule has 5 nitrogen and oxygen atoms in total. The Morgan fingerprint density at radius 3 is 2.55 bits per heavy atom. The molecule has 120 valence electrons. The Morgan fingerprint density at radius 1 is 1.23 bits per heavy atom. The molecule has 0 aliphatic rings. The van der Waals surface area contributed by atoms with Gasteiger partial charge in [0.25, 0.3) is 5.91 Å². The molecule has 0 spiro atoms. The summed E-state index contributed by atoms with van der Waals surface area (Å²) in [6.07, 6.45) is 3.86. The number of carbonyl (C=O) groups is 1. The van der Waals surface area contributed by atoms with Gasteiger partial charge in [0, 0.05) is 32.2 Å². The second kappa shape index (κ2) is 10.4. The monoisotopic (exact) mass is 302 g/mol. The molecule has 5 heteroatoms. The molecule has 0 bridgehead atoms. The summed E-state index contributed by atoms with van der Waals surface area (Å²) in [7, 11) is 1.72. The van der Waals surface area contributed by atoms with Crippen LogP contribution in [-0.2, 0) is 6.54 Å². The maximum atomic E-state index is 11.9. The molecule has 0 atom stereocenters. The van der Waals surface area contributed by atoms with E-state index in [0.29, 0.717) is 18.7 Å². The highest BCUT2D eigenvalue weighted by Crippen LogP contribution is 2.04. The first-order valence-corrected chi connectivity index (χ1v) is 7.63. The normalized spacial score (nSPS) is 10.9. The summed E-state index contributed by atoms with van der Waals surface area (Å²) in [6, 6.07) is 7.58. The lowest BCUT2D eigenvalue weighted by Gasteiger charge is -2.11. The van der Waals surface area contributed by atoms with Crippen LogP contribution in [0.2, 0.25) is 0 Å². The average Bonchev–Trinajstić information content (AvgIpc) is 2.55. The van der Waals surface area contributed by atoms with E-state index in [4.69, 9.17) is 0 Å². The zero-order chi connectivity index (χ0) is 16.2. The van der Waals surface area contributed by atoms with Crippen LogP contribution in [0.3, 0.4) is 0 Å². The highest BCUT2D eigenvalue weighted by molar-refractivity contribution is 5.94. The van der Waals surface area contributed by atoms with E-state index in [1.807, 2.05) is 24.3 Å². The number of hydrogen-bond donors (Lipinski definition) is 3. The number of nitrogens with one attached hydrogen (secondary N) is 3. The first-order chi connectivity index (χ1) is 10.7. The van der Waals surface area contributed by atoms with E-state index in [9.17, 15) is 4.79 Å². The minimum absolute atomic E-state index is 0.0172. The van der Waals surface area contributed by atoms with Crippen molar-refractivity contribution in [3.8, 4) is 0 Å². The van der Waals surface area contributed by atoms with E-state index in [1.165, 1.54) is 0 Å².